The fraction of sp³-hybridized carbons (Fsp3) is 0.250. The van der Waals surface area contributed by atoms with Crippen LogP contribution >= 0.6 is 39.1 Å². The van der Waals surface area contributed by atoms with Gasteiger partial charge in [-0.15, -0.1) is 0 Å². The van der Waals surface area contributed by atoms with Gasteiger partial charge in [-0.3, -0.25) is 0 Å². The second kappa shape index (κ2) is 7.59. The van der Waals surface area contributed by atoms with Gasteiger partial charge in [0.15, 0.2) is 0 Å². The standard InChI is InChI=1S/C16H15BrCl2FN/c1-2-21-15(12-7-6-11(17)9-14(12)20)8-10-4-3-5-13(18)16(10)19/h3-7,9,15,21H,2,8H2,1H3. The van der Waals surface area contributed by atoms with Crippen LogP contribution in [0.5, 0.6) is 0 Å². The largest absolute Gasteiger partial charge is 0.310 e. The molecule has 1 atom stereocenters. The molecule has 21 heavy (non-hydrogen) atoms. The lowest BCUT2D eigenvalue weighted by molar-refractivity contribution is 0.510. The van der Waals surface area contributed by atoms with Crippen molar-refractivity contribution < 1.29 is 4.39 Å². The third-order valence-corrected chi connectivity index (χ3v) is 4.60. The highest BCUT2D eigenvalue weighted by atomic mass is 79.9. The Bertz CT molecular complexity index is 634. The third kappa shape index (κ3) is 4.19. The summed E-state index contributed by atoms with van der Waals surface area (Å²) in [5.74, 6) is -0.242. The highest BCUT2D eigenvalue weighted by Gasteiger charge is 2.17. The maximum atomic E-state index is 14.2. The summed E-state index contributed by atoms with van der Waals surface area (Å²) in [7, 11) is 0. The molecule has 0 radical (unpaired) electrons. The number of hydrogen-bond acceptors (Lipinski definition) is 1. The van der Waals surface area contributed by atoms with Crippen LogP contribution in [0, 0.1) is 5.82 Å². The van der Waals surface area contributed by atoms with E-state index >= 15 is 0 Å². The first-order chi connectivity index (χ1) is 10.0. The van der Waals surface area contributed by atoms with Crippen molar-refractivity contribution in [3.63, 3.8) is 0 Å². The predicted molar refractivity (Wildman–Crippen MR) is 90.7 cm³/mol. The van der Waals surface area contributed by atoms with Gasteiger partial charge in [0.05, 0.1) is 10.0 Å². The number of rotatable bonds is 5. The van der Waals surface area contributed by atoms with E-state index in [1.807, 2.05) is 25.1 Å². The number of halogens is 4. The topological polar surface area (TPSA) is 12.0 Å². The lowest BCUT2D eigenvalue weighted by atomic mass is 9.98. The van der Waals surface area contributed by atoms with Crippen LogP contribution in [0.15, 0.2) is 40.9 Å². The highest BCUT2D eigenvalue weighted by molar-refractivity contribution is 9.10. The Morgan fingerprint density at radius 2 is 2.00 bits per heavy atom. The summed E-state index contributed by atoms with van der Waals surface area (Å²) in [5.41, 5.74) is 1.52. The van der Waals surface area contributed by atoms with Crippen LogP contribution in [-0.2, 0) is 6.42 Å². The SMILES string of the molecule is CCNC(Cc1cccc(Cl)c1Cl)c1ccc(Br)cc1F. The van der Waals surface area contributed by atoms with Crippen molar-refractivity contribution in [1.82, 2.24) is 5.32 Å². The summed E-state index contributed by atoms with van der Waals surface area (Å²) in [6, 6.07) is 10.4. The summed E-state index contributed by atoms with van der Waals surface area (Å²) >= 11 is 15.5. The molecule has 0 aliphatic heterocycles. The van der Waals surface area contributed by atoms with Gasteiger partial charge in [-0.25, -0.2) is 4.39 Å². The van der Waals surface area contributed by atoms with Crippen molar-refractivity contribution >= 4 is 39.1 Å². The fourth-order valence-corrected chi connectivity index (χ4v) is 2.98. The van der Waals surface area contributed by atoms with Crippen molar-refractivity contribution in [2.24, 2.45) is 0 Å². The Morgan fingerprint density at radius 3 is 2.67 bits per heavy atom. The van der Waals surface area contributed by atoms with Crippen LogP contribution in [0.4, 0.5) is 4.39 Å². The van der Waals surface area contributed by atoms with Crippen LogP contribution in [0.2, 0.25) is 10.0 Å². The fourth-order valence-electron chi connectivity index (χ4n) is 2.25. The minimum atomic E-state index is -0.242. The van der Waals surface area contributed by atoms with E-state index in [2.05, 4.69) is 21.2 Å². The molecule has 5 heteroatoms. The number of hydrogen-bond donors (Lipinski definition) is 1. The molecule has 0 heterocycles. The van der Waals surface area contributed by atoms with E-state index in [9.17, 15) is 4.39 Å². The molecular formula is C16H15BrCl2FN. The molecule has 0 amide bonds. The van der Waals surface area contributed by atoms with E-state index in [0.29, 0.717) is 22.0 Å². The number of benzene rings is 2. The van der Waals surface area contributed by atoms with Gasteiger partial charge < -0.3 is 5.32 Å². The molecule has 0 aromatic heterocycles. The molecule has 0 bridgehead atoms. The summed E-state index contributed by atoms with van der Waals surface area (Å²) in [5, 5.41) is 4.34. The van der Waals surface area contributed by atoms with Crippen LogP contribution in [0.1, 0.15) is 24.1 Å². The molecule has 0 saturated heterocycles. The second-order valence-electron chi connectivity index (χ2n) is 4.69. The second-order valence-corrected chi connectivity index (χ2v) is 6.39. The molecule has 0 aliphatic carbocycles. The monoisotopic (exact) mass is 389 g/mol. The van der Waals surface area contributed by atoms with Gasteiger partial charge in [-0.05, 0) is 36.7 Å². The van der Waals surface area contributed by atoms with Gasteiger partial charge in [0.1, 0.15) is 5.82 Å². The molecule has 112 valence electrons. The van der Waals surface area contributed by atoms with E-state index in [1.54, 1.807) is 12.1 Å². The Hall–Kier alpha value is -0.610. The van der Waals surface area contributed by atoms with E-state index < -0.39 is 0 Å². The Balaban J connectivity index is 2.33. The molecule has 0 fully saturated rings. The van der Waals surface area contributed by atoms with Crippen molar-refractivity contribution in [1.29, 1.82) is 0 Å². The third-order valence-electron chi connectivity index (χ3n) is 3.24. The molecule has 1 nitrogen and oxygen atoms in total. The van der Waals surface area contributed by atoms with Crippen molar-refractivity contribution in [3.8, 4) is 0 Å². The Kier molecular flexibility index (Phi) is 6.06. The van der Waals surface area contributed by atoms with E-state index in [-0.39, 0.29) is 11.9 Å². The van der Waals surface area contributed by atoms with Crippen molar-refractivity contribution in [3.05, 3.63) is 67.9 Å². The zero-order valence-corrected chi connectivity index (χ0v) is 14.6. The molecule has 2 aromatic rings. The average molecular weight is 391 g/mol. The van der Waals surface area contributed by atoms with E-state index in [0.717, 1.165) is 16.6 Å². The number of likely N-dealkylation sites (N-methyl/N-ethyl adjacent to an activating group) is 1. The lowest BCUT2D eigenvalue weighted by Crippen LogP contribution is -2.24. The first kappa shape index (κ1) is 16.8. The van der Waals surface area contributed by atoms with Crippen LogP contribution in [-0.4, -0.2) is 6.54 Å². The molecule has 1 N–H and O–H groups in total. The minimum Gasteiger partial charge on any atom is -0.310 e. The average Bonchev–Trinajstić information content (AvgIpc) is 2.43. The summed E-state index contributed by atoms with van der Waals surface area (Å²) < 4.78 is 14.9. The summed E-state index contributed by atoms with van der Waals surface area (Å²) in [6.45, 7) is 2.72. The van der Waals surface area contributed by atoms with Crippen LogP contribution in [0.25, 0.3) is 0 Å². The first-order valence-corrected chi connectivity index (χ1v) is 8.19. The van der Waals surface area contributed by atoms with Crippen LogP contribution < -0.4 is 5.32 Å². The van der Waals surface area contributed by atoms with Crippen molar-refractivity contribution in [2.45, 2.75) is 19.4 Å². The van der Waals surface area contributed by atoms with E-state index in [1.165, 1.54) is 6.07 Å². The molecule has 0 spiro atoms. The maximum absolute atomic E-state index is 14.2. The molecule has 1 unspecified atom stereocenters. The highest BCUT2D eigenvalue weighted by Crippen LogP contribution is 2.30. The summed E-state index contributed by atoms with van der Waals surface area (Å²) in [4.78, 5) is 0. The normalized spacial score (nSPS) is 12.4. The maximum Gasteiger partial charge on any atom is 0.129 e. The molecule has 2 aromatic carbocycles. The predicted octanol–water partition coefficient (Wildman–Crippen LogP) is 5.79. The van der Waals surface area contributed by atoms with Gasteiger partial charge in [0, 0.05) is 16.1 Å². The number of nitrogens with one attached hydrogen (secondary N) is 1. The van der Waals surface area contributed by atoms with Gasteiger partial charge in [0.25, 0.3) is 0 Å². The Labute approximate surface area is 142 Å². The molecule has 0 aliphatic rings. The molecule has 0 saturated carbocycles. The van der Waals surface area contributed by atoms with Crippen LogP contribution in [0.3, 0.4) is 0 Å². The van der Waals surface area contributed by atoms with Gasteiger partial charge in [-0.2, -0.15) is 0 Å². The van der Waals surface area contributed by atoms with Crippen molar-refractivity contribution in [2.75, 3.05) is 6.54 Å². The Morgan fingerprint density at radius 1 is 1.24 bits per heavy atom. The first-order valence-electron chi connectivity index (χ1n) is 6.64. The quantitative estimate of drug-likeness (QED) is 0.681. The lowest BCUT2D eigenvalue weighted by Gasteiger charge is -2.20. The zero-order valence-electron chi connectivity index (χ0n) is 11.5. The minimum absolute atomic E-state index is 0.154. The molecular weight excluding hydrogens is 376 g/mol. The summed E-state index contributed by atoms with van der Waals surface area (Å²) in [6.07, 6.45) is 0.575. The van der Waals surface area contributed by atoms with Gasteiger partial charge in [0.2, 0.25) is 0 Å². The zero-order chi connectivity index (χ0) is 15.4. The smallest absolute Gasteiger partial charge is 0.129 e. The molecule has 2 rings (SSSR count). The van der Waals surface area contributed by atoms with Gasteiger partial charge in [-0.1, -0.05) is 64.3 Å². The van der Waals surface area contributed by atoms with Gasteiger partial charge >= 0.3 is 0 Å². The van der Waals surface area contributed by atoms with E-state index in [4.69, 9.17) is 23.2 Å².